The molecule has 0 saturated carbocycles. The number of likely N-dealkylation sites (N-methyl/N-ethyl adjacent to an activating group) is 1. The Morgan fingerprint density at radius 3 is 2.12 bits per heavy atom. The minimum absolute atomic E-state index is 0.230. The third-order valence-corrected chi connectivity index (χ3v) is 2.64. The number of urea groups is 1. The summed E-state index contributed by atoms with van der Waals surface area (Å²) in [7, 11) is 1.47. The van der Waals surface area contributed by atoms with Crippen LogP contribution in [0.25, 0.3) is 0 Å². The second kappa shape index (κ2) is 5.33. The van der Waals surface area contributed by atoms with E-state index in [1.54, 1.807) is 13.8 Å². The van der Waals surface area contributed by atoms with Gasteiger partial charge in [0.1, 0.15) is 0 Å². The number of carbonyl (C=O) groups excluding carboxylic acids is 1. The van der Waals surface area contributed by atoms with Crippen LogP contribution in [0.4, 0.5) is 4.79 Å². The molecular formula is C10H20N2O5. The smallest absolute Gasteiger partial charge is 0.337 e. The number of aliphatic hydroxyl groups excluding tert-OH is 1. The molecule has 1 unspecified atom stereocenters. The summed E-state index contributed by atoms with van der Waals surface area (Å²) in [5, 5.41) is 29.4. The van der Waals surface area contributed by atoms with E-state index in [1.807, 2.05) is 0 Å². The normalized spacial score (nSPS) is 14.9. The van der Waals surface area contributed by atoms with Crippen LogP contribution in [0.15, 0.2) is 0 Å². The molecule has 0 aliphatic carbocycles. The minimum atomic E-state index is -2.01. The molecule has 4 N–H and O–H groups in total. The van der Waals surface area contributed by atoms with E-state index in [-0.39, 0.29) is 6.61 Å². The third kappa shape index (κ3) is 4.20. The molecule has 0 aliphatic heterocycles. The van der Waals surface area contributed by atoms with Gasteiger partial charge in [0.15, 0.2) is 5.60 Å². The van der Waals surface area contributed by atoms with E-state index in [9.17, 15) is 14.7 Å². The van der Waals surface area contributed by atoms with Crippen molar-refractivity contribution >= 4 is 12.0 Å². The van der Waals surface area contributed by atoms with Crippen LogP contribution in [0.1, 0.15) is 20.8 Å². The first-order chi connectivity index (χ1) is 7.54. The highest BCUT2D eigenvalue weighted by atomic mass is 16.4. The number of carbonyl (C=O) groups is 2. The fourth-order valence-electron chi connectivity index (χ4n) is 0.823. The fraction of sp³-hybridized carbons (Fsp3) is 0.800. The maximum absolute atomic E-state index is 11.6. The van der Waals surface area contributed by atoms with Gasteiger partial charge in [-0.25, -0.2) is 9.59 Å². The quantitative estimate of drug-likeness (QED) is 0.511. The molecule has 0 bridgehead atoms. The second-order valence-corrected chi connectivity index (χ2v) is 4.77. The molecule has 0 aromatic rings. The molecule has 0 heterocycles. The maximum Gasteiger partial charge on any atom is 0.337 e. The van der Waals surface area contributed by atoms with Crippen LogP contribution in [0, 0.1) is 0 Å². The highest BCUT2D eigenvalue weighted by molar-refractivity contribution is 5.79. The van der Waals surface area contributed by atoms with E-state index < -0.39 is 29.7 Å². The first kappa shape index (κ1) is 15.7. The molecule has 0 spiro atoms. The number of rotatable bonds is 5. The Hall–Kier alpha value is -1.34. The number of carboxylic acids is 1. The number of aliphatic carboxylic acids is 1. The van der Waals surface area contributed by atoms with Crippen LogP contribution in [0.2, 0.25) is 0 Å². The van der Waals surface area contributed by atoms with Crippen LogP contribution in [-0.4, -0.2) is 63.6 Å². The number of aliphatic hydroxyl groups is 2. The summed E-state index contributed by atoms with van der Waals surface area (Å²) in [4.78, 5) is 23.5. The molecule has 17 heavy (non-hydrogen) atoms. The van der Waals surface area contributed by atoms with E-state index in [0.29, 0.717) is 0 Å². The van der Waals surface area contributed by atoms with Gasteiger partial charge in [0.25, 0.3) is 0 Å². The van der Waals surface area contributed by atoms with Crippen molar-refractivity contribution in [3.8, 4) is 0 Å². The van der Waals surface area contributed by atoms with E-state index in [0.717, 1.165) is 6.92 Å². The number of hydrogen-bond donors (Lipinski definition) is 4. The maximum atomic E-state index is 11.6. The lowest BCUT2D eigenvalue weighted by Gasteiger charge is -2.34. The largest absolute Gasteiger partial charge is 0.479 e. The van der Waals surface area contributed by atoms with Gasteiger partial charge >= 0.3 is 12.0 Å². The summed E-state index contributed by atoms with van der Waals surface area (Å²) in [5.74, 6) is -1.41. The van der Waals surface area contributed by atoms with Crippen molar-refractivity contribution in [2.45, 2.75) is 31.9 Å². The lowest BCUT2D eigenvalue weighted by Crippen LogP contribution is -2.55. The average molecular weight is 248 g/mol. The zero-order valence-electron chi connectivity index (χ0n) is 10.5. The standard InChI is InChI=1S/C10H20N2O5/c1-9(2,6-13)12(4)8(16)11-5-10(3,17)7(14)15/h13,17H,5-6H2,1-4H3,(H,11,16)(H,14,15). The van der Waals surface area contributed by atoms with Gasteiger partial charge in [-0.05, 0) is 20.8 Å². The number of amides is 2. The molecule has 0 saturated heterocycles. The van der Waals surface area contributed by atoms with Crippen molar-refractivity contribution in [3.05, 3.63) is 0 Å². The first-order valence-electron chi connectivity index (χ1n) is 5.13. The van der Waals surface area contributed by atoms with Crippen molar-refractivity contribution in [1.29, 1.82) is 0 Å². The Balaban J connectivity index is 4.43. The van der Waals surface area contributed by atoms with Gasteiger partial charge in [0, 0.05) is 7.05 Å². The molecule has 7 nitrogen and oxygen atoms in total. The Kier molecular flexibility index (Phi) is 4.91. The average Bonchev–Trinajstić information content (AvgIpc) is 2.24. The summed E-state index contributed by atoms with van der Waals surface area (Å²) in [6, 6.07) is -0.564. The summed E-state index contributed by atoms with van der Waals surface area (Å²) >= 11 is 0. The second-order valence-electron chi connectivity index (χ2n) is 4.77. The topological polar surface area (TPSA) is 110 Å². The molecule has 0 aromatic carbocycles. The molecule has 0 aliphatic rings. The van der Waals surface area contributed by atoms with E-state index >= 15 is 0 Å². The van der Waals surface area contributed by atoms with Gasteiger partial charge in [0.2, 0.25) is 0 Å². The van der Waals surface area contributed by atoms with Gasteiger partial charge < -0.3 is 25.5 Å². The van der Waals surface area contributed by atoms with Crippen LogP contribution in [0.3, 0.4) is 0 Å². The summed E-state index contributed by atoms with van der Waals surface area (Å²) in [5.41, 5.74) is -2.78. The van der Waals surface area contributed by atoms with E-state index in [2.05, 4.69) is 5.32 Å². The monoisotopic (exact) mass is 248 g/mol. The number of nitrogens with zero attached hydrogens (tertiary/aromatic N) is 1. The predicted molar refractivity (Wildman–Crippen MR) is 60.6 cm³/mol. The number of nitrogens with one attached hydrogen (secondary N) is 1. The molecule has 1 atom stereocenters. The van der Waals surface area contributed by atoms with Gasteiger partial charge in [-0.15, -0.1) is 0 Å². The lowest BCUT2D eigenvalue weighted by atomic mass is 10.1. The van der Waals surface area contributed by atoms with Crippen molar-refractivity contribution in [3.63, 3.8) is 0 Å². The Bertz CT molecular complexity index is 301. The summed E-state index contributed by atoms with van der Waals surface area (Å²) in [6.45, 7) is 3.76. The van der Waals surface area contributed by atoms with Crippen LogP contribution < -0.4 is 5.32 Å². The lowest BCUT2D eigenvalue weighted by molar-refractivity contribution is -0.155. The molecule has 7 heteroatoms. The van der Waals surface area contributed by atoms with Gasteiger partial charge in [0.05, 0.1) is 18.7 Å². The molecule has 2 amide bonds. The van der Waals surface area contributed by atoms with E-state index in [1.165, 1.54) is 11.9 Å². The molecule has 0 rings (SSSR count). The highest BCUT2D eigenvalue weighted by Gasteiger charge is 2.32. The molecule has 0 aromatic heterocycles. The number of carboxylic acid groups (broad SMARTS) is 1. The Morgan fingerprint density at radius 1 is 1.29 bits per heavy atom. The summed E-state index contributed by atoms with van der Waals surface area (Å²) in [6.07, 6.45) is 0. The molecule has 100 valence electrons. The summed E-state index contributed by atoms with van der Waals surface area (Å²) < 4.78 is 0. The van der Waals surface area contributed by atoms with Gasteiger partial charge in [-0.2, -0.15) is 0 Å². The van der Waals surface area contributed by atoms with Crippen molar-refractivity contribution in [1.82, 2.24) is 10.2 Å². The van der Waals surface area contributed by atoms with Gasteiger partial charge in [-0.3, -0.25) is 0 Å². The van der Waals surface area contributed by atoms with Crippen molar-refractivity contribution in [2.75, 3.05) is 20.2 Å². The van der Waals surface area contributed by atoms with Crippen molar-refractivity contribution < 1.29 is 24.9 Å². The Morgan fingerprint density at radius 2 is 1.76 bits per heavy atom. The number of hydrogen-bond acceptors (Lipinski definition) is 4. The predicted octanol–water partition coefficient (Wildman–Crippen LogP) is -0.766. The minimum Gasteiger partial charge on any atom is -0.479 e. The Labute approximate surface area is 100 Å². The molecular weight excluding hydrogens is 228 g/mol. The van der Waals surface area contributed by atoms with Crippen LogP contribution in [0.5, 0.6) is 0 Å². The van der Waals surface area contributed by atoms with Crippen LogP contribution in [-0.2, 0) is 4.79 Å². The molecule has 0 fully saturated rings. The molecule has 0 radical (unpaired) electrons. The van der Waals surface area contributed by atoms with E-state index in [4.69, 9.17) is 10.2 Å². The van der Waals surface area contributed by atoms with Gasteiger partial charge in [-0.1, -0.05) is 0 Å². The van der Waals surface area contributed by atoms with Crippen molar-refractivity contribution in [2.24, 2.45) is 0 Å². The zero-order valence-corrected chi connectivity index (χ0v) is 10.5. The fourth-order valence-corrected chi connectivity index (χ4v) is 0.823. The highest BCUT2D eigenvalue weighted by Crippen LogP contribution is 2.11. The SMILES string of the molecule is CN(C(=O)NCC(C)(O)C(=O)O)C(C)(C)CO. The van der Waals surface area contributed by atoms with Crippen LogP contribution >= 0.6 is 0 Å². The third-order valence-electron chi connectivity index (χ3n) is 2.64. The zero-order chi connectivity index (χ0) is 13.9. The first-order valence-corrected chi connectivity index (χ1v) is 5.13.